The van der Waals surface area contributed by atoms with E-state index in [-0.39, 0.29) is 11.8 Å². The van der Waals surface area contributed by atoms with Gasteiger partial charge in [0, 0.05) is 32.0 Å². The molecule has 30 heavy (non-hydrogen) atoms. The highest BCUT2D eigenvalue weighted by atomic mass is 16.5. The molecule has 1 aliphatic rings. The van der Waals surface area contributed by atoms with E-state index in [9.17, 15) is 4.79 Å². The first kappa shape index (κ1) is 20.2. The van der Waals surface area contributed by atoms with E-state index < -0.39 is 0 Å². The van der Waals surface area contributed by atoms with E-state index in [4.69, 9.17) is 9.72 Å². The van der Waals surface area contributed by atoms with Gasteiger partial charge in [0.1, 0.15) is 11.6 Å². The number of para-hydroxylation sites is 2. The molecule has 1 unspecified atom stereocenters. The van der Waals surface area contributed by atoms with Crippen LogP contribution in [0.15, 0.2) is 61.2 Å². The van der Waals surface area contributed by atoms with E-state index in [2.05, 4.69) is 36.3 Å². The molecule has 3 aromatic rings. The zero-order valence-electron chi connectivity index (χ0n) is 17.6. The van der Waals surface area contributed by atoms with Gasteiger partial charge in [-0.2, -0.15) is 0 Å². The minimum Gasteiger partial charge on any atom is -0.494 e. The maximum atomic E-state index is 12.4. The number of fused-ring (bicyclic) bond motifs is 1. The Labute approximate surface area is 178 Å². The third kappa shape index (κ3) is 4.25. The Kier molecular flexibility index (Phi) is 6.17. The Hall–Kier alpha value is -3.08. The van der Waals surface area contributed by atoms with E-state index in [0.29, 0.717) is 26.1 Å². The quantitative estimate of drug-likeness (QED) is 0.388. The fourth-order valence-corrected chi connectivity index (χ4v) is 4.15. The molecule has 0 radical (unpaired) electrons. The second kappa shape index (κ2) is 9.16. The summed E-state index contributed by atoms with van der Waals surface area (Å²) in [6.07, 6.45) is 4.20. The summed E-state index contributed by atoms with van der Waals surface area (Å²) in [7, 11) is 0. The summed E-state index contributed by atoms with van der Waals surface area (Å²) in [5, 5.41) is 0. The normalized spacial score (nSPS) is 16.4. The maximum absolute atomic E-state index is 12.4. The molecule has 0 saturated carbocycles. The van der Waals surface area contributed by atoms with Gasteiger partial charge in [0.2, 0.25) is 5.91 Å². The Bertz CT molecular complexity index is 1020. The maximum Gasteiger partial charge on any atom is 0.223 e. The number of hydrogen-bond acceptors (Lipinski definition) is 3. The summed E-state index contributed by atoms with van der Waals surface area (Å²) in [6, 6.07) is 16.5. The van der Waals surface area contributed by atoms with Crippen molar-refractivity contribution in [2.24, 2.45) is 0 Å². The van der Waals surface area contributed by atoms with Crippen LogP contribution in [-0.4, -0.2) is 40.1 Å². The predicted octanol–water partition coefficient (Wildman–Crippen LogP) is 4.57. The van der Waals surface area contributed by atoms with E-state index in [0.717, 1.165) is 42.0 Å². The lowest BCUT2D eigenvalue weighted by molar-refractivity contribution is -0.127. The molecule has 1 saturated heterocycles. The molecule has 5 nitrogen and oxygen atoms in total. The van der Waals surface area contributed by atoms with Gasteiger partial charge in [-0.25, -0.2) is 4.98 Å². The molecular weight excluding hydrogens is 374 g/mol. The molecule has 5 heteroatoms. The second-order valence-electron chi connectivity index (χ2n) is 7.80. The molecule has 2 aromatic carbocycles. The molecule has 156 valence electrons. The van der Waals surface area contributed by atoms with Crippen molar-refractivity contribution in [3.63, 3.8) is 0 Å². The highest BCUT2D eigenvalue weighted by molar-refractivity contribution is 5.81. The van der Waals surface area contributed by atoms with Crippen molar-refractivity contribution < 1.29 is 9.53 Å². The molecule has 0 bridgehead atoms. The molecule has 1 aliphatic heterocycles. The van der Waals surface area contributed by atoms with Crippen molar-refractivity contribution >= 4 is 16.9 Å². The number of hydrogen-bond donors (Lipinski definition) is 0. The van der Waals surface area contributed by atoms with Crippen molar-refractivity contribution in [1.82, 2.24) is 14.5 Å². The number of likely N-dealkylation sites (tertiary alicyclic amines) is 1. The van der Waals surface area contributed by atoms with Crippen LogP contribution in [0.3, 0.4) is 0 Å². The van der Waals surface area contributed by atoms with Crippen LogP contribution >= 0.6 is 0 Å². The molecular formula is C25H29N3O2. The van der Waals surface area contributed by atoms with Gasteiger partial charge in [0.15, 0.2) is 0 Å². The van der Waals surface area contributed by atoms with Crippen molar-refractivity contribution in [3.8, 4) is 5.75 Å². The highest BCUT2D eigenvalue weighted by Crippen LogP contribution is 2.30. The van der Waals surface area contributed by atoms with Gasteiger partial charge in [-0.15, -0.1) is 6.58 Å². The number of carbonyl (C=O) groups excluding carboxylic acids is 1. The number of aryl methyl sites for hydroxylation is 2. The van der Waals surface area contributed by atoms with Gasteiger partial charge in [0.05, 0.1) is 17.6 Å². The number of amides is 1. The summed E-state index contributed by atoms with van der Waals surface area (Å²) in [6.45, 7) is 8.67. The number of carbonyl (C=O) groups is 1. The summed E-state index contributed by atoms with van der Waals surface area (Å²) >= 11 is 0. The zero-order valence-corrected chi connectivity index (χ0v) is 17.6. The van der Waals surface area contributed by atoms with Crippen LogP contribution in [-0.2, 0) is 17.8 Å². The van der Waals surface area contributed by atoms with E-state index in [1.807, 2.05) is 35.2 Å². The second-order valence-corrected chi connectivity index (χ2v) is 7.80. The monoisotopic (exact) mass is 403 g/mol. The molecule has 1 fully saturated rings. The van der Waals surface area contributed by atoms with Gasteiger partial charge >= 0.3 is 0 Å². The van der Waals surface area contributed by atoms with Crippen LogP contribution < -0.4 is 4.74 Å². The van der Waals surface area contributed by atoms with Gasteiger partial charge in [-0.1, -0.05) is 37.3 Å². The van der Waals surface area contributed by atoms with Crippen LogP contribution in [0.2, 0.25) is 0 Å². The van der Waals surface area contributed by atoms with Crippen molar-refractivity contribution in [2.75, 3.05) is 19.7 Å². The Morgan fingerprint density at radius 1 is 1.20 bits per heavy atom. The van der Waals surface area contributed by atoms with Gasteiger partial charge in [0.25, 0.3) is 0 Å². The average molecular weight is 404 g/mol. The van der Waals surface area contributed by atoms with E-state index >= 15 is 0 Å². The first-order chi connectivity index (χ1) is 14.7. The number of rotatable bonds is 9. The minimum absolute atomic E-state index is 0.118. The first-order valence-electron chi connectivity index (χ1n) is 10.7. The Morgan fingerprint density at radius 3 is 2.77 bits per heavy atom. The zero-order chi connectivity index (χ0) is 20.9. The average Bonchev–Trinajstić information content (AvgIpc) is 3.32. The molecule has 0 N–H and O–H groups in total. The molecule has 1 atom stereocenters. The third-order valence-corrected chi connectivity index (χ3v) is 5.74. The molecule has 4 rings (SSSR count). The summed E-state index contributed by atoms with van der Waals surface area (Å²) in [4.78, 5) is 19.1. The topological polar surface area (TPSA) is 47.4 Å². The predicted molar refractivity (Wildman–Crippen MR) is 120 cm³/mol. The van der Waals surface area contributed by atoms with Crippen molar-refractivity contribution in [1.29, 1.82) is 0 Å². The standard InChI is InChI=1S/C25H29N3O2/c1-3-14-27-18-20(17-24(27)29)25-26-22-8-5-6-9-23(22)28(25)15-7-16-30-21-12-10-19(4-2)11-13-21/h3,5-6,8-13,20H,1,4,7,14-18H2,2H3. The molecule has 2 heterocycles. The number of aromatic nitrogens is 2. The van der Waals surface area contributed by atoms with Crippen LogP contribution in [0.5, 0.6) is 5.75 Å². The van der Waals surface area contributed by atoms with Gasteiger partial charge < -0.3 is 14.2 Å². The summed E-state index contributed by atoms with van der Waals surface area (Å²) in [5.41, 5.74) is 3.42. The van der Waals surface area contributed by atoms with Gasteiger partial charge in [-0.05, 0) is 42.7 Å². The number of nitrogens with zero attached hydrogens (tertiary/aromatic N) is 3. The Morgan fingerprint density at radius 2 is 2.00 bits per heavy atom. The minimum atomic E-state index is 0.118. The van der Waals surface area contributed by atoms with Crippen LogP contribution in [0.4, 0.5) is 0 Å². The fourth-order valence-electron chi connectivity index (χ4n) is 4.15. The highest BCUT2D eigenvalue weighted by Gasteiger charge is 2.33. The number of ether oxygens (including phenoxy) is 1. The lowest BCUT2D eigenvalue weighted by Gasteiger charge is -2.16. The van der Waals surface area contributed by atoms with Crippen LogP contribution in [0.25, 0.3) is 11.0 Å². The smallest absolute Gasteiger partial charge is 0.223 e. The number of benzene rings is 2. The van der Waals surface area contributed by atoms with Crippen LogP contribution in [0, 0.1) is 0 Å². The van der Waals surface area contributed by atoms with E-state index in [1.165, 1.54) is 5.56 Å². The molecule has 1 amide bonds. The summed E-state index contributed by atoms with van der Waals surface area (Å²) in [5.74, 6) is 2.21. The third-order valence-electron chi connectivity index (χ3n) is 5.74. The SMILES string of the molecule is C=CCN1CC(c2nc3ccccc3n2CCCOc2ccc(CC)cc2)CC1=O. The van der Waals surface area contributed by atoms with Crippen molar-refractivity contribution in [3.05, 3.63) is 72.6 Å². The van der Waals surface area contributed by atoms with Crippen LogP contribution in [0.1, 0.15) is 37.1 Å². The number of imidazole rings is 1. The van der Waals surface area contributed by atoms with Gasteiger partial charge in [-0.3, -0.25) is 4.79 Å². The Balaban J connectivity index is 1.46. The molecule has 1 aromatic heterocycles. The van der Waals surface area contributed by atoms with Crippen molar-refractivity contribution in [2.45, 2.75) is 38.6 Å². The first-order valence-corrected chi connectivity index (χ1v) is 10.7. The lowest BCUT2D eigenvalue weighted by atomic mass is 10.1. The largest absolute Gasteiger partial charge is 0.494 e. The molecule has 0 aliphatic carbocycles. The lowest BCUT2D eigenvalue weighted by Crippen LogP contribution is -2.25. The fraction of sp³-hybridized carbons (Fsp3) is 0.360. The molecule has 0 spiro atoms. The van der Waals surface area contributed by atoms with E-state index in [1.54, 1.807) is 6.08 Å². The summed E-state index contributed by atoms with van der Waals surface area (Å²) < 4.78 is 8.21.